The van der Waals surface area contributed by atoms with E-state index < -0.39 is 5.97 Å². The summed E-state index contributed by atoms with van der Waals surface area (Å²) < 4.78 is 17.1. The first-order chi connectivity index (χ1) is 20.2. The topological polar surface area (TPSA) is 57.1 Å². The van der Waals surface area contributed by atoms with E-state index in [0.29, 0.717) is 17.9 Å². The van der Waals surface area contributed by atoms with Crippen LogP contribution >= 0.6 is 0 Å². The van der Waals surface area contributed by atoms with Gasteiger partial charge in [0.1, 0.15) is 17.2 Å². The van der Waals surface area contributed by atoms with E-state index in [9.17, 15) is 4.79 Å². The highest BCUT2D eigenvalue weighted by Crippen LogP contribution is 2.20. The summed E-state index contributed by atoms with van der Waals surface area (Å²) in [6, 6.07) is 22.2. The minimum absolute atomic E-state index is 0.395. The Hall–Kier alpha value is -3.60. The van der Waals surface area contributed by atoms with Gasteiger partial charge in [-0.05, 0) is 91.2 Å². The van der Waals surface area contributed by atoms with Gasteiger partial charge in [-0.15, -0.1) is 0 Å². The van der Waals surface area contributed by atoms with Crippen molar-refractivity contribution in [2.45, 2.75) is 90.9 Å². The van der Waals surface area contributed by atoms with Crippen molar-refractivity contribution in [2.75, 3.05) is 13.2 Å². The molecule has 0 heterocycles. The first-order valence-corrected chi connectivity index (χ1v) is 15.5. The summed E-state index contributed by atoms with van der Waals surface area (Å²) in [7, 11) is 0. The van der Waals surface area contributed by atoms with Gasteiger partial charge in [0.15, 0.2) is 0 Å². The third-order valence-electron chi connectivity index (χ3n) is 6.91. The maximum Gasteiger partial charge on any atom is 0.343 e. The van der Waals surface area contributed by atoms with E-state index in [-0.39, 0.29) is 0 Å². The van der Waals surface area contributed by atoms with Crippen LogP contribution in [0.3, 0.4) is 0 Å². The Morgan fingerprint density at radius 3 is 1.66 bits per heavy atom. The molecule has 0 N–H and O–H groups in total. The number of nitrogens with zero attached hydrogens (tertiary/aromatic N) is 1. The highest BCUT2D eigenvalue weighted by Gasteiger charge is 2.09. The van der Waals surface area contributed by atoms with Gasteiger partial charge in [-0.3, -0.25) is 4.99 Å². The second kappa shape index (κ2) is 19.5. The van der Waals surface area contributed by atoms with Gasteiger partial charge < -0.3 is 14.2 Å². The van der Waals surface area contributed by atoms with Crippen LogP contribution in [0.15, 0.2) is 77.8 Å². The zero-order valence-electron chi connectivity index (χ0n) is 25.0. The molecule has 0 amide bonds. The molecule has 0 radical (unpaired) electrons. The molecule has 0 saturated carbocycles. The first-order valence-electron chi connectivity index (χ1n) is 15.5. The number of benzene rings is 3. The zero-order chi connectivity index (χ0) is 29.0. The highest BCUT2D eigenvalue weighted by atomic mass is 16.5. The predicted molar refractivity (Wildman–Crippen MR) is 169 cm³/mol. The second-order valence-corrected chi connectivity index (χ2v) is 10.5. The molecule has 0 fully saturated rings. The Morgan fingerprint density at radius 1 is 0.585 bits per heavy atom. The van der Waals surface area contributed by atoms with Crippen LogP contribution in [-0.4, -0.2) is 25.4 Å². The van der Waals surface area contributed by atoms with Crippen molar-refractivity contribution in [3.05, 3.63) is 83.9 Å². The van der Waals surface area contributed by atoms with Crippen molar-refractivity contribution in [1.82, 2.24) is 0 Å². The van der Waals surface area contributed by atoms with Crippen molar-refractivity contribution < 1.29 is 19.0 Å². The minimum atomic E-state index is -0.395. The zero-order valence-corrected chi connectivity index (χ0v) is 25.0. The summed E-state index contributed by atoms with van der Waals surface area (Å²) >= 11 is 0. The van der Waals surface area contributed by atoms with Crippen molar-refractivity contribution in [1.29, 1.82) is 0 Å². The fourth-order valence-corrected chi connectivity index (χ4v) is 4.37. The van der Waals surface area contributed by atoms with Crippen LogP contribution in [-0.2, 0) is 0 Å². The van der Waals surface area contributed by atoms with E-state index in [0.717, 1.165) is 48.6 Å². The largest absolute Gasteiger partial charge is 0.494 e. The Bertz CT molecular complexity index is 1140. The average Bonchev–Trinajstić information content (AvgIpc) is 3.00. The molecule has 5 heteroatoms. The summed E-state index contributed by atoms with van der Waals surface area (Å²) in [5.74, 6) is 1.73. The van der Waals surface area contributed by atoms with Crippen LogP contribution in [0.5, 0.6) is 17.2 Å². The van der Waals surface area contributed by atoms with Crippen LogP contribution in [0.2, 0.25) is 0 Å². The summed E-state index contributed by atoms with van der Waals surface area (Å²) in [6.07, 6.45) is 17.0. The fraction of sp³-hybridized carbons (Fsp3) is 0.444. The Labute approximate surface area is 247 Å². The van der Waals surface area contributed by atoms with E-state index in [1.165, 1.54) is 57.8 Å². The molecular weight excluding hydrogens is 510 g/mol. The molecule has 0 aliphatic heterocycles. The maximum atomic E-state index is 12.6. The van der Waals surface area contributed by atoms with Gasteiger partial charge in [0.2, 0.25) is 0 Å². The molecule has 0 atom stereocenters. The second-order valence-electron chi connectivity index (χ2n) is 10.5. The van der Waals surface area contributed by atoms with E-state index in [2.05, 4.69) is 18.8 Å². The number of aliphatic imine (C=N–C) groups is 1. The van der Waals surface area contributed by atoms with Crippen LogP contribution in [0, 0.1) is 0 Å². The lowest BCUT2D eigenvalue weighted by molar-refractivity contribution is 0.0734. The normalized spacial score (nSPS) is 11.1. The number of carbonyl (C=O) groups excluding carboxylic acids is 1. The average molecular weight is 558 g/mol. The van der Waals surface area contributed by atoms with Gasteiger partial charge in [0.25, 0.3) is 0 Å². The Kier molecular flexibility index (Phi) is 15.2. The summed E-state index contributed by atoms with van der Waals surface area (Å²) in [4.78, 5) is 17.1. The molecule has 220 valence electrons. The van der Waals surface area contributed by atoms with Crippen LogP contribution in [0.1, 0.15) is 107 Å². The molecule has 3 rings (SSSR count). The van der Waals surface area contributed by atoms with Crippen LogP contribution in [0.4, 0.5) is 5.69 Å². The number of rotatable bonds is 20. The van der Waals surface area contributed by atoms with Gasteiger partial charge in [-0.25, -0.2) is 4.79 Å². The molecule has 3 aromatic carbocycles. The fourth-order valence-electron chi connectivity index (χ4n) is 4.37. The molecule has 0 unspecified atom stereocenters. The van der Waals surface area contributed by atoms with E-state index in [4.69, 9.17) is 14.2 Å². The van der Waals surface area contributed by atoms with Crippen molar-refractivity contribution in [2.24, 2.45) is 4.99 Å². The maximum absolute atomic E-state index is 12.6. The van der Waals surface area contributed by atoms with Crippen molar-refractivity contribution in [3.63, 3.8) is 0 Å². The van der Waals surface area contributed by atoms with Gasteiger partial charge in [-0.1, -0.05) is 78.1 Å². The Balaban J connectivity index is 1.33. The molecule has 0 saturated heterocycles. The predicted octanol–water partition coefficient (Wildman–Crippen LogP) is 10.1. The van der Waals surface area contributed by atoms with E-state index >= 15 is 0 Å². The number of carbonyl (C=O) groups is 1. The van der Waals surface area contributed by atoms with Gasteiger partial charge in [0.05, 0.1) is 24.5 Å². The minimum Gasteiger partial charge on any atom is -0.494 e. The lowest BCUT2D eigenvalue weighted by Gasteiger charge is -2.08. The Morgan fingerprint density at radius 2 is 1.07 bits per heavy atom. The number of hydrogen-bond donors (Lipinski definition) is 0. The van der Waals surface area contributed by atoms with Gasteiger partial charge >= 0.3 is 5.97 Å². The van der Waals surface area contributed by atoms with Crippen molar-refractivity contribution >= 4 is 17.9 Å². The third-order valence-corrected chi connectivity index (χ3v) is 6.91. The molecule has 5 nitrogen and oxygen atoms in total. The van der Waals surface area contributed by atoms with E-state index in [1.807, 2.05) is 48.5 Å². The molecule has 41 heavy (non-hydrogen) atoms. The third kappa shape index (κ3) is 13.1. The molecular formula is C36H47NO4. The molecule has 0 bridgehead atoms. The van der Waals surface area contributed by atoms with Crippen LogP contribution in [0.25, 0.3) is 0 Å². The van der Waals surface area contributed by atoms with Gasteiger partial charge in [0, 0.05) is 6.21 Å². The number of esters is 1. The standard InChI is InChI=1S/C36H47NO4/c1-3-5-7-8-9-10-11-12-13-14-28-40-33-23-17-31(18-24-33)36(38)41-35-21-15-30(16-22-35)29-37-32-19-25-34(26-20-32)39-27-6-4-2/h15-26,29H,3-14,27-28H2,1-2H3. The van der Waals surface area contributed by atoms with Crippen molar-refractivity contribution in [3.8, 4) is 17.2 Å². The molecule has 0 aliphatic rings. The summed E-state index contributed by atoms with van der Waals surface area (Å²) in [5.41, 5.74) is 2.25. The molecule has 0 aromatic heterocycles. The highest BCUT2D eigenvalue weighted by molar-refractivity contribution is 5.91. The lowest BCUT2D eigenvalue weighted by Crippen LogP contribution is -2.08. The lowest BCUT2D eigenvalue weighted by atomic mass is 10.1. The summed E-state index contributed by atoms with van der Waals surface area (Å²) in [6.45, 7) is 5.84. The molecule has 3 aromatic rings. The SMILES string of the molecule is CCCCCCCCCCCCOc1ccc(C(=O)Oc2ccc(C=Nc3ccc(OCCCC)cc3)cc2)cc1. The monoisotopic (exact) mass is 557 g/mol. The summed E-state index contributed by atoms with van der Waals surface area (Å²) in [5, 5.41) is 0. The number of unbranched alkanes of at least 4 members (excludes halogenated alkanes) is 10. The van der Waals surface area contributed by atoms with Gasteiger partial charge in [-0.2, -0.15) is 0 Å². The number of ether oxygens (including phenoxy) is 3. The molecule has 0 aliphatic carbocycles. The quantitative estimate of drug-likeness (QED) is 0.0600. The first kappa shape index (κ1) is 31.9. The number of hydrogen-bond acceptors (Lipinski definition) is 5. The van der Waals surface area contributed by atoms with Crippen LogP contribution < -0.4 is 14.2 Å². The molecule has 0 spiro atoms. The van der Waals surface area contributed by atoms with E-state index in [1.54, 1.807) is 30.5 Å². The smallest absolute Gasteiger partial charge is 0.343 e.